The van der Waals surface area contributed by atoms with Gasteiger partial charge in [0.1, 0.15) is 0 Å². The Hall–Kier alpha value is 0.140. The number of aliphatic hydroxyl groups is 1. The SMILES string of the molecule is C[C@H](O)c1csc(Br)c1. The van der Waals surface area contributed by atoms with Crippen LogP contribution >= 0.6 is 27.3 Å². The van der Waals surface area contributed by atoms with E-state index in [9.17, 15) is 0 Å². The summed E-state index contributed by atoms with van der Waals surface area (Å²) in [6.45, 7) is 1.76. The highest BCUT2D eigenvalue weighted by atomic mass is 79.9. The first-order valence-corrected chi connectivity index (χ1v) is 4.29. The molecule has 9 heavy (non-hydrogen) atoms. The summed E-state index contributed by atoms with van der Waals surface area (Å²) in [7, 11) is 0. The molecule has 0 bridgehead atoms. The van der Waals surface area contributed by atoms with Gasteiger partial charge >= 0.3 is 0 Å². The second-order valence-electron chi connectivity index (χ2n) is 1.86. The fourth-order valence-corrected chi connectivity index (χ4v) is 1.80. The summed E-state index contributed by atoms with van der Waals surface area (Å²) < 4.78 is 1.07. The molecule has 0 aromatic carbocycles. The number of rotatable bonds is 1. The van der Waals surface area contributed by atoms with Gasteiger partial charge in [-0.2, -0.15) is 0 Å². The number of hydrogen-bond donors (Lipinski definition) is 1. The van der Waals surface area contributed by atoms with Crippen LogP contribution in [0.25, 0.3) is 0 Å². The first-order valence-electron chi connectivity index (χ1n) is 2.62. The van der Waals surface area contributed by atoms with Crippen LogP contribution in [0.3, 0.4) is 0 Å². The minimum absolute atomic E-state index is 0.340. The lowest BCUT2D eigenvalue weighted by Gasteiger charge is -1.95. The van der Waals surface area contributed by atoms with Crippen molar-refractivity contribution in [1.82, 2.24) is 0 Å². The van der Waals surface area contributed by atoms with Crippen LogP contribution in [-0.2, 0) is 0 Å². The van der Waals surface area contributed by atoms with Crippen molar-refractivity contribution in [1.29, 1.82) is 0 Å². The molecule has 1 aromatic heterocycles. The Morgan fingerprint density at radius 3 is 2.67 bits per heavy atom. The molecular formula is C6H7BrOS. The molecule has 0 spiro atoms. The van der Waals surface area contributed by atoms with E-state index in [1.807, 2.05) is 11.4 Å². The van der Waals surface area contributed by atoms with Gasteiger partial charge in [-0.25, -0.2) is 0 Å². The quantitative estimate of drug-likeness (QED) is 0.750. The Labute approximate surface area is 66.5 Å². The molecule has 1 rings (SSSR count). The Morgan fingerprint density at radius 1 is 1.78 bits per heavy atom. The highest BCUT2D eigenvalue weighted by Gasteiger charge is 2.01. The maximum absolute atomic E-state index is 9.02. The summed E-state index contributed by atoms with van der Waals surface area (Å²) in [5, 5.41) is 11.0. The lowest BCUT2D eigenvalue weighted by atomic mass is 10.2. The van der Waals surface area contributed by atoms with Crippen LogP contribution in [0.5, 0.6) is 0 Å². The molecule has 0 unspecified atom stereocenters. The van der Waals surface area contributed by atoms with E-state index < -0.39 is 0 Å². The fraction of sp³-hybridized carbons (Fsp3) is 0.333. The molecule has 0 aliphatic carbocycles. The van der Waals surface area contributed by atoms with Crippen LogP contribution in [0.4, 0.5) is 0 Å². The largest absolute Gasteiger partial charge is 0.389 e. The summed E-state index contributed by atoms with van der Waals surface area (Å²) in [4.78, 5) is 0. The van der Waals surface area contributed by atoms with Gasteiger partial charge in [0.2, 0.25) is 0 Å². The standard InChI is InChI=1S/C6H7BrOS/c1-4(8)5-2-6(7)9-3-5/h2-4,8H,1H3/t4-/m0/s1. The van der Waals surface area contributed by atoms with Crippen molar-refractivity contribution in [3.63, 3.8) is 0 Å². The van der Waals surface area contributed by atoms with Crippen LogP contribution in [0.2, 0.25) is 0 Å². The molecule has 0 saturated heterocycles. The normalized spacial score (nSPS) is 13.7. The van der Waals surface area contributed by atoms with Crippen molar-refractivity contribution in [2.24, 2.45) is 0 Å². The lowest BCUT2D eigenvalue weighted by molar-refractivity contribution is 0.200. The minimum Gasteiger partial charge on any atom is -0.389 e. The predicted molar refractivity (Wildman–Crippen MR) is 42.7 cm³/mol. The van der Waals surface area contributed by atoms with E-state index >= 15 is 0 Å². The highest BCUT2D eigenvalue weighted by Crippen LogP contribution is 2.24. The highest BCUT2D eigenvalue weighted by molar-refractivity contribution is 9.11. The average Bonchev–Trinajstić information content (AvgIpc) is 2.14. The van der Waals surface area contributed by atoms with Gasteiger partial charge in [0.05, 0.1) is 9.89 Å². The predicted octanol–water partition coefficient (Wildman–Crippen LogP) is 2.56. The Bertz CT molecular complexity index is 195. The molecule has 1 N–H and O–H groups in total. The molecule has 0 radical (unpaired) electrons. The van der Waals surface area contributed by atoms with Crippen LogP contribution in [0, 0.1) is 0 Å². The second kappa shape index (κ2) is 2.82. The van der Waals surface area contributed by atoms with Gasteiger partial charge in [0, 0.05) is 0 Å². The van der Waals surface area contributed by atoms with Gasteiger partial charge in [0.25, 0.3) is 0 Å². The average molecular weight is 207 g/mol. The monoisotopic (exact) mass is 206 g/mol. The summed E-state index contributed by atoms with van der Waals surface area (Å²) >= 11 is 4.90. The maximum Gasteiger partial charge on any atom is 0.0770 e. The van der Waals surface area contributed by atoms with Crippen molar-refractivity contribution in [2.45, 2.75) is 13.0 Å². The molecule has 1 nitrogen and oxygen atoms in total. The molecule has 0 fully saturated rings. The van der Waals surface area contributed by atoms with Gasteiger partial charge in [-0.1, -0.05) is 0 Å². The topological polar surface area (TPSA) is 20.2 Å². The van der Waals surface area contributed by atoms with E-state index in [0.29, 0.717) is 0 Å². The van der Waals surface area contributed by atoms with Gasteiger partial charge in [-0.15, -0.1) is 11.3 Å². The molecule has 0 aliphatic rings. The van der Waals surface area contributed by atoms with Gasteiger partial charge in [0.15, 0.2) is 0 Å². The summed E-state index contributed by atoms with van der Waals surface area (Å²) in [6, 6.07) is 1.93. The van der Waals surface area contributed by atoms with E-state index in [4.69, 9.17) is 5.11 Å². The molecule has 50 valence electrons. The molecule has 1 atom stereocenters. The van der Waals surface area contributed by atoms with Gasteiger partial charge in [-0.05, 0) is 39.9 Å². The third kappa shape index (κ3) is 1.78. The van der Waals surface area contributed by atoms with Crippen molar-refractivity contribution in [2.75, 3.05) is 0 Å². The minimum atomic E-state index is -0.340. The zero-order valence-corrected chi connectivity index (χ0v) is 7.37. The van der Waals surface area contributed by atoms with Crippen LogP contribution in [0.15, 0.2) is 15.2 Å². The molecular weight excluding hydrogens is 200 g/mol. The molecule has 3 heteroatoms. The number of thiophene rings is 1. The van der Waals surface area contributed by atoms with E-state index in [-0.39, 0.29) is 6.10 Å². The van der Waals surface area contributed by atoms with Gasteiger partial charge < -0.3 is 5.11 Å². The summed E-state index contributed by atoms with van der Waals surface area (Å²) in [5.41, 5.74) is 0.979. The molecule has 1 heterocycles. The Balaban J connectivity index is 2.85. The first-order chi connectivity index (χ1) is 4.20. The van der Waals surface area contributed by atoms with E-state index in [2.05, 4.69) is 15.9 Å². The van der Waals surface area contributed by atoms with E-state index in [1.165, 1.54) is 0 Å². The van der Waals surface area contributed by atoms with Crippen molar-refractivity contribution in [3.8, 4) is 0 Å². The third-order valence-corrected chi connectivity index (χ3v) is 2.59. The maximum atomic E-state index is 9.02. The van der Waals surface area contributed by atoms with Crippen LogP contribution < -0.4 is 0 Å². The van der Waals surface area contributed by atoms with Crippen molar-refractivity contribution >= 4 is 27.3 Å². The zero-order valence-electron chi connectivity index (χ0n) is 4.97. The smallest absolute Gasteiger partial charge is 0.0770 e. The van der Waals surface area contributed by atoms with Crippen LogP contribution in [-0.4, -0.2) is 5.11 Å². The van der Waals surface area contributed by atoms with E-state index in [0.717, 1.165) is 9.35 Å². The first kappa shape index (κ1) is 7.25. The molecule has 0 amide bonds. The molecule has 0 aliphatic heterocycles. The second-order valence-corrected chi connectivity index (χ2v) is 4.15. The summed E-state index contributed by atoms with van der Waals surface area (Å²) in [6.07, 6.45) is -0.340. The summed E-state index contributed by atoms with van der Waals surface area (Å²) in [5.74, 6) is 0. The van der Waals surface area contributed by atoms with Crippen molar-refractivity contribution in [3.05, 3.63) is 20.8 Å². The fourth-order valence-electron chi connectivity index (χ4n) is 0.542. The Kier molecular flexibility index (Phi) is 2.27. The van der Waals surface area contributed by atoms with E-state index in [1.54, 1.807) is 18.3 Å². The van der Waals surface area contributed by atoms with Crippen LogP contribution in [0.1, 0.15) is 18.6 Å². The Morgan fingerprint density at radius 2 is 2.44 bits per heavy atom. The third-order valence-electron chi connectivity index (χ3n) is 1.07. The molecule has 0 saturated carbocycles. The lowest BCUT2D eigenvalue weighted by Crippen LogP contribution is -1.84. The number of hydrogen-bond acceptors (Lipinski definition) is 2. The molecule has 1 aromatic rings. The number of aliphatic hydroxyl groups excluding tert-OH is 1. The van der Waals surface area contributed by atoms with Gasteiger partial charge in [-0.3, -0.25) is 0 Å². The number of halogens is 1. The zero-order chi connectivity index (χ0) is 6.85. The van der Waals surface area contributed by atoms with Crippen molar-refractivity contribution < 1.29 is 5.11 Å².